The monoisotopic (exact) mass is 1070 g/mol. The van der Waals surface area contributed by atoms with Crippen LogP contribution in [0.1, 0.15) is 77.0 Å². The number of nitrogens with two attached hydrogens (primary N) is 3. The summed E-state index contributed by atoms with van der Waals surface area (Å²) in [5.74, 6) is 5.00. The summed E-state index contributed by atoms with van der Waals surface area (Å²) in [6.45, 7) is 0. The van der Waals surface area contributed by atoms with Crippen molar-refractivity contribution >= 4 is 103 Å². The summed E-state index contributed by atoms with van der Waals surface area (Å²) in [5, 5.41) is 10.9. The predicted molar refractivity (Wildman–Crippen MR) is 274 cm³/mol. The van der Waals surface area contributed by atoms with Gasteiger partial charge in [0.25, 0.3) is 0 Å². The molecule has 3 aliphatic carbocycles. The fourth-order valence-corrected chi connectivity index (χ4v) is 8.36. The molecule has 3 aromatic carbocycles. The average Bonchev–Trinajstić information content (AvgIpc) is 3.34. The number of carbonyl (C=O) groups is 3. The lowest BCUT2D eigenvalue weighted by Gasteiger charge is -2.23. The average molecular weight is 1080 g/mol. The van der Waals surface area contributed by atoms with Crippen LogP contribution in [-0.2, 0) is 14.4 Å². The van der Waals surface area contributed by atoms with Gasteiger partial charge in [0.1, 0.15) is 17.2 Å². The van der Waals surface area contributed by atoms with Crippen molar-refractivity contribution < 1.29 is 28.6 Å². The minimum absolute atomic E-state index is 0.0929. The number of hydrogen-bond donors (Lipinski definition) is 6. The molecule has 0 amide bonds. The Kier molecular flexibility index (Phi) is 18.2. The van der Waals surface area contributed by atoms with E-state index in [1.807, 2.05) is 24.3 Å². The van der Waals surface area contributed by atoms with Gasteiger partial charge in [0.05, 0.1) is 41.7 Å². The number of hydrogen-bond acceptors (Lipinski definition) is 18. The summed E-state index contributed by atoms with van der Waals surface area (Å²) in [7, 11) is 0. The molecule has 22 heteroatoms. The molecule has 3 heterocycles. The molecule has 9 rings (SSSR count). The fraction of sp³-hybridized carbons (Fsp3) is 0.312. The highest BCUT2D eigenvalue weighted by atomic mass is 79.9. The lowest BCUT2D eigenvalue weighted by atomic mass is 9.94. The number of nitrogens with one attached hydrogen (secondary N) is 3. The smallest absolute Gasteiger partial charge is 0.222 e. The van der Waals surface area contributed by atoms with Crippen molar-refractivity contribution in [2.75, 3.05) is 33.2 Å². The second-order valence-electron chi connectivity index (χ2n) is 16.3. The van der Waals surface area contributed by atoms with E-state index in [1.165, 1.54) is 18.6 Å². The molecule has 18 nitrogen and oxygen atoms in total. The summed E-state index contributed by atoms with van der Waals surface area (Å²) in [6.07, 6.45) is 14.4. The van der Waals surface area contributed by atoms with Gasteiger partial charge in [-0.15, -0.1) is 0 Å². The molecule has 3 aliphatic rings. The van der Waals surface area contributed by atoms with Crippen molar-refractivity contribution in [3.8, 4) is 34.5 Å². The van der Waals surface area contributed by atoms with Gasteiger partial charge in [-0.2, -0.15) is 15.0 Å². The van der Waals surface area contributed by atoms with Gasteiger partial charge in [0.15, 0.2) is 52.1 Å². The topological polar surface area (TPSA) is 270 Å². The molecule has 0 radical (unpaired) electrons. The number of anilines is 6. The van der Waals surface area contributed by atoms with Crippen LogP contribution in [0.25, 0.3) is 0 Å². The maximum absolute atomic E-state index is 12.0. The Balaban J connectivity index is 0.000000155. The van der Waals surface area contributed by atoms with Gasteiger partial charge in [-0.1, -0.05) is 70.0 Å². The molecule has 3 fully saturated rings. The first kappa shape index (κ1) is 51.3. The zero-order chi connectivity index (χ0) is 49.6. The summed E-state index contributed by atoms with van der Waals surface area (Å²) in [6, 6.07) is 18.5. The van der Waals surface area contributed by atoms with Gasteiger partial charge in [-0.3, -0.25) is 14.4 Å². The number of nitrogens with zero attached hydrogens (tertiary/aromatic N) is 6. The first-order valence-corrected chi connectivity index (χ1v) is 24.4. The summed E-state index contributed by atoms with van der Waals surface area (Å²) in [4.78, 5) is 60.4. The van der Waals surface area contributed by atoms with E-state index in [9.17, 15) is 14.4 Å². The number of nitrogen functional groups attached to an aromatic ring is 3. The zero-order valence-corrected chi connectivity index (χ0v) is 41.5. The van der Waals surface area contributed by atoms with Gasteiger partial charge in [-0.25, -0.2) is 15.0 Å². The number of benzene rings is 3. The summed E-state index contributed by atoms with van der Waals surface area (Å²) >= 11 is 21.3. The van der Waals surface area contributed by atoms with Gasteiger partial charge in [0, 0.05) is 33.8 Å². The zero-order valence-electron chi connectivity index (χ0n) is 37.7. The molecule has 0 spiro atoms. The number of rotatable bonds is 12. The number of Topliss-reactive ketones (excluding diaryl/α,β-unsaturated/α-hetero) is 3. The van der Waals surface area contributed by atoms with Crippen LogP contribution in [0.5, 0.6) is 34.5 Å². The highest BCUT2D eigenvalue weighted by Gasteiger charge is 2.27. The standard InChI is InChI=1S/C16H17BrN4O2.C16H16Cl2N4O2.C16H17ClN4O2/c17-10-5-7-11(8-6-10)23-14-9-19-16(18)21-15(14)20-12-3-1-2-4-13(12)22;17-9-5-6-13(10(18)7-9)24-14-8-20-16(19)22-15(14)21-11-3-1-2-4-12(11)23;17-10-5-7-11(8-6-10)23-14-9-19-16(18)21-15(14)20-12-3-1-2-4-13(12)22/h5-9,12H,1-4H2,(H3,18,19,20,21);5-8,11H,1-4H2,(H3,19,20,21,22);5-9,12H,1-4H2,(H3,18,19,20,21). The molecule has 3 saturated carbocycles. The first-order chi connectivity index (χ1) is 33.8. The van der Waals surface area contributed by atoms with Crippen LogP contribution >= 0.6 is 50.7 Å². The van der Waals surface area contributed by atoms with E-state index in [2.05, 4.69) is 61.8 Å². The Morgan fingerprint density at radius 3 is 1.24 bits per heavy atom. The van der Waals surface area contributed by atoms with Crippen LogP contribution in [-0.4, -0.2) is 65.4 Å². The lowest BCUT2D eigenvalue weighted by molar-refractivity contribution is -0.121. The third-order valence-electron chi connectivity index (χ3n) is 11.1. The molecule has 0 aliphatic heterocycles. The minimum Gasteiger partial charge on any atom is -0.452 e. The second kappa shape index (κ2) is 24.8. The van der Waals surface area contributed by atoms with Crippen molar-refractivity contribution in [2.45, 2.75) is 95.2 Å². The fourth-order valence-electron chi connectivity index (χ4n) is 7.53. The van der Waals surface area contributed by atoms with Gasteiger partial charge >= 0.3 is 0 Å². The van der Waals surface area contributed by atoms with E-state index < -0.39 is 0 Å². The molecule has 3 atom stereocenters. The van der Waals surface area contributed by atoms with E-state index in [-0.39, 0.29) is 53.3 Å². The van der Waals surface area contributed by atoms with Crippen LogP contribution in [0.2, 0.25) is 15.1 Å². The minimum atomic E-state index is -0.295. The van der Waals surface area contributed by atoms with Gasteiger partial charge in [-0.05, 0) is 105 Å². The Morgan fingerprint density at radius 2 is 0.857 bits per heavy atom. The van der Waals surface area contributed by atoms with Crippen LogP contribution < -0.4 is 47.4 Å². The molecule has 0 bridgehead atoms. The van der Waals surface area contributed by atoms with Crippen molar-refractivity contribution in [1.82, 2.24) is 29.9 Å². The van der Waals surface area contributed by atoms with E-state index in [0.29, 0.717) is 86.3 Å². The maximum atomic E-state index is 12.0. The second-order valence-corrected chi connectivity index (χ2v) is 18.5. The molecule has 0 saturated heterocycles. The van der Waals surface area contributed by atoms with Gasteiger partial charge < -0.3 is 47.4 Å². The van der Waals surface area contributed by atoms with Crippen LogP contribution in [0, 0.1) is 0 Å². The van der Waals surface area contributed by atoms with Gasteiger partial charge in [0.2, 0.25) is 17.8 Å². The summed E-state index contributed by atoms with van der Waals surface area (Å²) in [5.41, 5.74) is 17.0. The van der Waals surface area contributed by atoms with E-state index in [1.54, 1.807) is 42.5 Å². The Labute approximate surface area is 427 Å². The molecule has 3 unspecified atom stereocenters. The largest absolute Gasteiger partial charge is 0.452 e. The Hall–Kier alpha value is -6.54. The number of ketones is 3. The van der Waals surface area contributed by atoms with E-state index in [4.69, 9.17) is 66.2 Å². The Morgan fingerprint density at radius 1 is 0.486 bits per heavy atom. The lowest BCUT2D eigenvalue weighted by Crippen LogP contribution is -2.32. The number of ether oxygens (including phenoxy) is 3. The maximum Gasteiger partial charge on any atom is 0.222 e. The number of halogens is 4. The number of aromatic nitrogens is 6. The quantitative estimate of drug-likeness (QED) is 0.0665. The van der Waals surface area contributed by atoms with E-state index >= 15 is 0 Å². The molecular formula is C48H50BrCl3N12O6. The normalized spacial score (nSPS) is 17.7. The molecule has 70 heavy (non-hydrogen) atoms. The van der Waals surface area contributed by atoms with Crippen LogP contribution in [0.4, 0.5) is 35.3 Å². The predicted octanol–water partition coefficient (Wildman–Crippen LogP) is 11.0. The highest BCUT2D eigenvalue weighted by Crippen LogP contribution is 2.36. The highest BCUT2D eigenvalue weighted by molar-refractivity contribution is 9.10. The molecule has 6 aromatic rings. The van der Waals surface area contributed by atoms with Crippen molar-refractivity contribution in [1.29, 1.82) is 0 Å². The molecular weight excluding hydrogens is 1030 g/mol. The molecule has 366 valence electrons. The third-order valence-corrected chi connectivity index (χ3v) is 12.4. The van der Waals surface area contributed by atoms with Crippen LogP contribution in [0.15, 0.2) is 89.8 Å². The van der Waals surface area contributed by atoms with Crippen molar-refractivity contribution in [3.05, 3.63) is 105 Å². The first-order valence-electron chi connectivity index (χ1n) is 22.5. The van der Waals surface area contributed by atoms with Crippen molar-refractivity contribution in [3.63, 3.8) is 0 Å². The third kappa shape index (κ3) is 15.0. The van der Waals surface area contributed by atoms with Crippen molar-refractivity contribution in [2.24, 2.45) is 0 Å². The number of carbonyl (C=O) groups excluding carboxylic acids is 3. The molecule has 3 aromatic heterocycles. The summed E-state index contributed by atoms with van der Waals surface area (Å²) < 4.78 is 18.3. The van der Waals surface area contributed by atoms with E-state index in [0.717, 1.165) is 62.3 Å². The van der Waals surface area contributed by atoms with Crippen LogP contribution in [0.3, 0.4) is 0 Å². The SMILES string of the molecule is Nc1ncc(Oc2ccc(Br)cc2)c(NC2CCCCC2=O)n1.Nc1ncc(Oc2ccc(Cl)cc2)c(NC2CCCCC2=O)n1.Nc1ncc(Oc2ccc(Cl)cc2Cl)c(NC2CCCCC2=O)n1. The Bertz CT molecular complexity index is 2660. The molecule has 9 N–H and O–H groups in total.